The molecule has 1 atom stereocenters. The van der Waals surface area contributed by atoms with Crippen molar-refractivity contribution in [1.82, 2.24) is 15.2 Å². The first-order valence-electron chi connectivity index (χ1n) is 9.20. The Morgan fingerprint density at radius 1 is 1.12 bits per heavy atom. The van der Waals surface area contributed by atoms with Gasteiger partial charge in [0.15, 0.2) is 0 Å². The number of carbonyl (C=O) groups excluding carboxylic acids is 2. The summed E-state index contributed by atoms with van der Waals surface area (Å²) < 4.78 is 0. The normalized spacial score (nSPS) is 22.9. The van der Waals surface area contributed by atoms with Gasteiger partial charge in [0, 0.05) is 37.9 Å². The SMILES string of the molecule is O=C(NCc1ccncc1)[C@@H]1CCC(=O)N(C2CCCCCC2)C1. The lowest BCUT2D eigenvalue weighted by Crippen LogP contribution is -2.49. The molecule has 2 heterocycles. The highest BCUT2D eigenvalue weighted by molar-refractivity contribution is 5.84. The van der Waals surface area contributed by atoms with Crippen LogP contribution in [0.4, 0.5) is 0 Å². The lowest BCUT2D eigenvalue weighted by molar-refractivity contribution is -0.141. The number of amides is 2. The fraction of sp³-hybridized carbons (Fsp3) is 0.632. The van der Waals surface area contributed by atoms with Crippen molar-refractivity contribution in [3.8, 4) is 0 Å². The molecular weight excluding hydrogens is 302 g/mol. The number of carbonyl (C=O) groups is 2. The third kappa shape index (κ3) is 4.34. The van der Waals surface area contributed by atoms with Crippen LogP contribution in [0.15, 0.2) is 24.5 Å². The highest BCUT2D eigenvalue weighted by atomic mass is 16.2. The van der Waals surface area contributed by atoms with Gasteiger partial charge in [-0.25, -0.2) is 0 Å². The van der Waals surface area contributed by atoms with Gasteiger partial charge in [0.25, 0.3) is 0 Å². The van der Waals surface area contributed by atoms with Crippen LogP contribution >= 0.6 is 0 Å². The average Bonchev–Trinajstić information content (AvgIpc) is 2.90. The minimum Gasteiger partial charge on any atom is -0.352 e. The molecular formula is C19H27N3O2. The molecule has 3 rings (SSSR count). The maximum Gasteiger partial charge on any atom is 0.225 e. The van der Waals surface area contributed by atoms with Crippen LogP contribution in [0, 0.1) is 5.92 Å². The Bertz CT molecular complexity index is 553. The Labute approximate surface area is 143 Å². The second kappa shape index (κ2) is 8.27. The first-order valence-corrected chi connectivity index (χ1v) is 9.20. The first-order chi connectivity index (χ1) is 11.7. The molecule has 1 aromatic heterocycles. The number of aromatic nitrogens is 1. The first kappa shape index (κ1) is 16.9. The van der Waals surface area contributed by atoms with E-state index in [1.54, 1.807) is 12.4 Å². The molecule has 1 N–H and O–H groups in total. The quantitative estimate of drug-likeness (QED) is 0.864. The summed E-state index contributed by atoms with van der Waals surface area (Å²) in [5.41, 5.74) is 1.05. The van der Waals surface area contributed by atoms with Gasteiger partial charge in [-0.1, -0.05) is 25.7 Å². The highest BCUT2D eigenvalue weighted by Crippen LogP contribution is 2.27. The van der Waals surface area contributed by atoms with Crippen LogP contribution in [0.1, 0.15) is 56.9 Å². The molecule has 0 unspecified atom stereocenters. The van der Waals surface area contributed by atoms with E-state index in [1.165, 1.54) is 25.7 Å². The summed E-state index contributed by atoms with van der Waals surface area (Å²) in [5, 5.41) is 3.01. The van der Waals surface area contributed by atoms with Crippen LogP contribution in [0.3, 0.4) is 0 Å². The summed E-state index contributed by atoms with van der Waals surface area (Å²) in [6.45, 7) is 1.11. The van der Waals surface area contributed by atoms with E-state index in [0.29, 0.717) is 32.0 Å². The fourth-order valence-corrected chi connectivity index (χ4v) is 3.84. The van der Waals surface area contributed by atoms with Crippen molar-refractivity contribution in [1.29, 1.82) is 0 Å². The van der Waals surface area contributed by atoms with Crippen LogP contribution in [-0.2, 0) is 16.1 Å². The zero-order valence-corrected chi connectivity index (χ0v) is 14.2. The predicted molar refractivity (Wildman–Crippen MR) is 92.0 cm³/mol. The number of nitrogens with zero attached hydrogens (tertiary/aromatic N) is 2. The molecule has 0 spiro atoms. The molecule has 130 valence electrons. The van der Waals surface area contributed by atoms with Crippen molar-refractivity contribution in [2.75, 3.05) is 6.54 Å². The van der Waals surface area contributed by atoms with Crippen molar-refractivity contribution in [3.63, 3.8) is 0 Å². The largest absolute Gasteiger partial charge is 0.352 e. The third-order valence-corrected chi connectivity index (χ3v) is 5.30. The van der Waals surface area contributed by atoms with Crippen molar-refractivity contribution < 1.29 is 9.59 Å². The number of rotatable bonds is 4. The Morgan fingerprint density at radius 3 is 2.54 bits per heavy atom. The number of piperidine rings is 1. The van der Waals surface area contributed by atoms with Gasteiger partial charge in [0.2, 0.25) is 11.8 Å². The van der Waals surface area contributed by atoms with E-state index < -0.39 is 0 Å². The van der Waals surface area contributed by atoms with E-state index >= 15 is 0 Å². The van der Waals surface area contributed by atoms with E-state index in [0.717, 1.165) is 18.4 Å². The zero-order valence-electron chi connectivity index (χ0n) is 14.2. The van der Waals surface area contributed by atoms with Crippen LogP contribution in [0.5, 0.6) is 0 Å². The minimum atomic E-state index is -0.0761. The lowest BCUT2D eigenvalue weighted by Gasteiger charge is -2.37. The Kier molecular flexibility index (Phi) is 5.83. The molecule has 1 aliphatic carbocycles. The van der Waals surface area contributed by atoms with Crippen LogP contribution < -0.4 is 5.32 Å². The summed E-state index contributed by atoms with van der Waals surface area (Å²) in [5.74, 6) is 0.228. The van der Waals surface area contributed by atoms with Gasteiger partial charge in [-0.3, -0.25) is 14.6 Å². The van der Waals surface area contributed by atoms with Crippen molar-refractivity contribution in [2.45, 2.75) is 64.0 Å². The lowest BCUT2D eigenvalue weighted by atomic mass is 9.93. The van der Waals surface area contributed by atoms with Gasteiger partial charge in [0.05, 0.1) is 5.92 Å². The number of pyridine rings is 1. The fourth-order valence-electron chi connectivity index (χ4n) is 3.84. The van der Waals surface area contributed by atoms with Crippen molar-refractivity contribution >= 4 is 11.8 Å². The molecule has 5 heteroatoms. The summed E-state index contributed by atoms with van der Waals surface area (Å²) in [6, 6.07) is 4.15. The maximum atomic E-state index is 12.5. The molecule has 1 aliphatic heterocycles. The highest BCUT2D eigenvalue weighted by Gasteiger charge is 2.34. The van der Waals surface area contributed by atoms with E-state index in [2.05, 4.69) is 10.3 Å². The van der Waals surface area contributed by atoms with Crippen LogP contribution in [0.25, 0.3) is 0 Å². The molecule has 1 saturated heterocycles. The topological polar surface area (TPSA) is 62.3 Å². The van der Waals surface area contributed by atoms with Crippen LogP contribution in [0.2, 0.25) is 0 Å². The second-order valence-corrected chi connectivity index (χ2v) is 7.00. The molecule has 2 amide bonds. The second-order valence-electron chi connectivity index (χ2n) is 7.00. The molecule has 1 saturated carbocycles. The molecule has 2 fully saturated rings. The van der Waals surface area contributed by atoms with E-state index in [4.69, 9.17) is 0 Å². The predicted octanol–water partition coefficient (Wildman–Crippen LogP) is 2.66. The van der Waals surface area contributed by atoms with Gasteiger partial charge >= 0.3 is 0 Å². The summed E-state index contributed by atoms with van der Waals surface area (Å²) in [6.07, 6.45) is 11.8. The van der Waals surface area contributed by atoms with Gasteiger partial charge in [-0.05, 0) is 37.0 Å². The van der Waals surface area contributed by atoms with E-state index in [1.807, 2.05) is 17.0 Å². The Balaban J connectivity index is 1.55. The summed E-state index contributed by atoms with van der Waals surface area (Å²) in [4.78, 5) is 30.8. The molecule has 0 aromatic carbocycles. The molecule has 0 bridgehead atoms. The summed E-state index contributed by atoms with van der Waals surface area (Å²) >= 11 is 0. The Morgan fingerprint density at radius 2 is 1.83 bits per heavy atom. The van der Waals surface area contributed by atoms with Gasteiger partial charge in [-0.2, -0.15) is 0 Å². The average molecular weight is 329 g/mol. The number of hydrogen-bond acceptors (Lipinski definition) is 3. The monoisotopic (exact) mass is 329 g/mol. The number of hydrogen-bond donors (Lipinski definition) is 1. The maximum absolute atomic E-state index is 12.5. The molecule has 5 nitrogen and oxygen atoms in total. The van der Waals surface area contributed by atoms with Gasteiger partial charge in [0.1, 0.15) is 0 Å². The van der Waals surface area contributed by atoms with Gasteiger partial charge < -0.3 is 10.2 Å². The van der Waals surface area contributed by atoms with Gasteiger partial charge in [-0.15, -0.1) is 0 Å². The zero-order chi connectivity index (χ0) is 16.8. The van der Waals surface area contributed by atoms with Crippen LogP contribution in [-0.4, -0.2) is 34.3 Å². The number of likely N-dealkylation sites (tertiary alicyclic amines) is 1. The third-order valence-electron chi connectivity index (χ3n) is 5.30. The number of nitrogens with one attached hydrogen (secondary N) is 1. The summed E-state index contributed by atoms with van der Waals surface area (Å²) in [7, 11) is 0. The Hall–Kier alpha value is -1.91. The van der Waals surface area contributed by atoms with Crippen molar-refractivity contribution in [3.05, 3.63) is 30.1 Å². The standard InChI is InChI=1S/C19H27N3O2/c23-18-8-7-16(14-22(18)17-5-3-1-2-4-6-17)19(24)21-13-15-9-11-20-12-10-15/h9-12,16-17H,1-8,13-14H2,(H,21,24)/t16-/m1/s1. The molecule has 24 heavy (non-hydrogen) atoms. The molecule has 0 radical (unpaired) electrons. The smallest absolute Gasteiger partial charge is 0.225 e. The minimum absolute atomic E-state index is 0.0675. The van der Waals surface area contributed by atoms with E-state index in [9.17, 15) is 9.59 Å². The molecule has 1 aromatic rings. The molecule has 2 aliphatic rings. The van der Waals surface area contributed by atoms with E-state index in [-0.39, 0.29) is 17.7 Å². The van der Waals surface area contributed by atoms with Crippen molar-refractivity contribution in [2.24, 2.45) is 5.92 Å².